The fourth-order valence-corrected chi connectivity index (χ4v) is 3.64. The zero-order chi connectivity index (χ0) is 17.5. The Morgan fingerprint density at radius 1 is 1.17 bits per heavy atom. The van der Waals surface area contributed by atoms with Crippen molar-refractivity contribution >= 4 is 43.9 Å². The molecule has 0 aliphatic carbocycles. The summed E-state index contributed by atoms with van der Waals surface area (Å²) in [5.74, 6) is 0. The summed E-state index contributed by atoms with van der Waals surface area (Å²) >= 11 is 6.09. The third kappa shape index (κ3) is 3.07. The maximum atomic E-state index is 11.3. The van der Waals surface area contributed by atoms with Gasteiger partial charge in [-0.1, -0.05) is 23.7 Å². The molecule has 0 atom stereocenters. The van der Waals surface area contributed by atoms with E-state index in [4.69, 9.17) is 17.3 Å². The first kappa shape index (κ1) is 16.7. The Hall–Kier alpha value is -2.18. The van der Waals surface area contributed by atoms with Crippen LogP contribution in [0.3, 0.4) is 0 Å². The zero-order valence-electron chi connectivity index (χ0n) is 13.4. The predicted octanol–water partition coefficient (Wildman–Crippen LogP) is 3.94. The number of halogens is 1. The molecule has 1 heterocycles. The lowest BCUT2D eigenvalue weighted by atomic mass is 10.1. The molecule has 3 N–H and O–H groups in total. The average molecular weight is 364 g/mol. The fourth-order valence-electron chi connectivity index (χ4n) is 2.90. The molecule has 0 unspecified atom stereocenters. The highest BCUT2D eigenvalue weighted by Crippen LogP contribution is 2.37. The fraction of sp³-hybridized carbons (Fsp3) is 0.176. The van der Waals surface area contributed by atoms with Crippen LogP contribution >= 0.6 is 11.6 Å². The normalized spacial score (nSPS) is 11.8. The quantitative estimate of drug-likeness (QED) is 0.737. The van der Waals surface area contributed by atoms with Gasteiger partial charge in [0.25, 0.3) is 0 Å². The monoisotopic (exact) mass is 363 g/mol. The maximum absolute atomic E-state index is 11.3. The second-order valence-electron chi connectivity index (χ2n) is 5.62. The van der Waals surface area contributed by atoms with Crippen molar-refractivity contribution in [1.29, 1.82) is 0 Å². The van der Waals surface area contributed by atoms with Crippen molar-refractivity contribution in [1.82, 2.24) is 4.57 Å². The van der Waals surface area contributed by atoms with E-state index >= 15 is 0 Å². The van der Waals surface area contributed by atoms with Gasteiger partial charge in [-0.25, -0.2) is 8.42 Å². The van der Waals surface area contributed by atoms with Gasteiger partial charge in [0.15, 0.2) is 0 Å². The van der Waals surface area contributed by atoms with Crippen molar-refractivity contribution in [2.24, 2.45) is 0 Å². The summed E-state index contributed by atoms with van der Waals surface area (Å²) in [7, 11) is -3.30. The van der Waals surface area contributed by atoms with E-state index in [0.29, 0.717) is 16.4 Å². The summed E-state index contributed by atoms with van der Waals surface area (Å²) in [5, 5.41) is 1.55. The number of nitrogens with two attached hydrogens (primary N) is 1. The number of rotatable bonds is 4. The molecule has 0 bridgehead atoms. The first-order valence-corrected chi connectivity index (χ1v) is 9.72. The predicted molar refractivity (Wildman–Crippen MR) is 101 cm³/mol. The van der Waals surface area contributed by atoms with Crippen LogP contribution in [0.15, 0.2) is 42.5 Å². The van der Waals surface area contributed by atoms with Gasteiger partial charge in [0.05, 0.1) is 23.2 Å². The number of sulfonamides is 1. The van der Waals surface area contributed by atoms with E-state index in [1.165, 1.54) is 0 Å². The Bertz CT molecular complexity index is 1010. The highest BCUT2D eigenvalue weighted by Gasteiger charge is 2.16. The molecule has 0 radical (unpaired) electrons. The molecular weight excluding hydrogens is 346 g/mol. The van der Waals surface area contributed by atoms with Crippen molar-refractivity contribution in [2.75, 3.05) is 16.7 Å². The second-order valence-corrected chi connectivity index (χ2v) is 7.80. The molecular formula is C17H18ClN3O2S. The number of nitrogen functional groups attached to an aromatic ring is 1. The Kier molecular flexibility index (Phi) is 4.19. The van der Waals surface area contributed by atoms with Crippen LogP contribution in [0.1, 0.15) is 6.92 Å². The summed E-state index contributed by atoms with van der Waals surface area (Å²) < 4.78 is 27.2. The third-order valence-electron chi connectivity index (χ3n) is 3.84. The number of nitrogens with one attached hydrogen (secondary N) is 1. The first-order valence-electron chi connectivity index (χ1n) is 7.45. The molecule has 0 spiro atoms. The standard InChI is InChI=1S/C17H18ClN3O2S/c1-3-21-15-9-6-12(18)10-14(15)16(19)17(21)11-4-7-13(8-5-11)20-24(2,22)23/h4-10,20H,3,19H2,1-2H3. The van der Waals surface area contributed by atoms with Crippen molar-refractivity contribution < 1.29 is 8.42 Å². The number of hydrogen-bond donors (Lipinski definition) is 2. The number of anilines is 2. The van der Waals surface area contributed by atoms with E-state index in [1.54, 1.807) is 12.1 Å². The number of nitrogens with zero attached hydrogens (tertiary/aromatic N) is 1. The molecule has 24 heavy (non-hydrogen) atoms. The number of fused-ring (bicyclic) bond motifs is 1. The van der Waals surface area contributed by atoms with Crippen molar-refractivity contribution in [3.63, 3.8) is 0 Å². The lowest BCUT2D eigenvalue weighted by Crippen LogP contribution is -2.09. The number of aromatic nitrogens is 1. The van der Waals surface area contributed by atoms with E-state index in [1.807, 2.05) is 30.3 Å². The van der Waals surface area contributed by atoms with E-state index in [9.17, 15) is 8.42 Å². The van der Waals surface area contributed by atoms with Crippen LogP contribution in [-0.2, 0) is 16.6 Å². The van der Waals surface area contributed by atoms with Gasteiger partial charge in [-0.15, -0.1) is 0 Å². The number of aryl methyl sites for hydroxylation is 1. The van der Waals surface area contributed by atoms with Crippen molar-refractivity contribution in [3.05, 3.63) is 47.5 Å². The Labute approximate surface area is 146 Å². The van der Waals surface area contributed by atoms with Gasteiger partial charge in [-0.05, 0) is 37.3 Å². The Morgan fingerprint density at radius 2 is 1.83 bits per heavy atom. The molecule has 3 aromatic rings. The van der Waals surface area contributed by atoms with Gasteiger partial charge >= 0.3 is 0 Å². The highest BCUT2D eigenvalue weighted by atomic mass is 35.5. The summed E-state index contributed by atoms with van der Waals surface area (Å²) in [4.78, 5) is 0. The summed E-state index contributed by atoms with van der Waals surface area (Å²) in [6.07, 6.45) is 1.12. The van der Waals surface area contributed by atoms with Crippen LogP contribution in [0.4, 0.5) is 11.4 Å². The summed E-state index contributed by atoms with van der Waals surface area (Å²) in [5.41, 5.74) is 10.4. The molecule has 0 aliphatic rings. The summed E-state index contributed by atoms with van der Waals surface area (Å²) in [6, 6.07) is 12.8. The Balaban J connectivity index is 2.14. The lowest BCUT2D eigenvalue weighted by molar-refractivity contribution is 0.607. The molecule has 7 heteroatoms. The van der Waals surface area contributed by atoms with Gasteiger partial charge in [-0.2, -0.15) is 0 Å². The zero-order valence-corrected chi connectivity index (χ0v) is 14.9. The molecule has 2 aromatic carbocycles. The van der Waals surface area contributed by atoms with Gasteiger partial charge in [0.2, 0.25) is 10.0 Å². The average Bonchev–Trinajstić information content (AvgIpc) is 2.78. The molecule has 3 rings (SSSR count). The minimum atomic E-state index is -3.30. The number of benzene rings is 2. The van der Waals surface area contributed by atoms with E-state index in [0.717, 1.165) is 35.0 Å². The van der Waals surface area contributed by atoms with Gasteiger partial charge in [-0.3, -0.25) is 4.72 Å². The van der Waals surface area contributed by atoms with Crippen LogP contribution < -0.4 is 10.5 Å². The Morgan fingerprint density at radius 3 is 2.42 bits per heavy atom. The minimum Gasteiger partial charge on any atom is -0.396 e. The second kappa shape index (κ2) is 6.03. The lowest BCUT2D eigenvalue weighted by Gasteiger charge is -2.10. The largest absolute Gasteiger partial charge is 0.396 e. The first-order chi connectivity index (χ1) is 11.3. The van der Waals surface area contributed by atoms with Crippen LogP contribution in [0, 0.1) is 0 Å². The van der Waals surface area contributed by atoms with Crippen molar-refractivity contribution in [2.45, 2.75) is 13.5 Å². The summed E-state index contributed by atoms with van der Waals surface area (Å²) in [6.45, 7) is 2.81. The molecule has 5 nitrogen and oxygen atoms in total. The van der Waals surface area contributed by atoms with Gasteiger partial charge in [0, 0.05) is 28.2 Å². The van der Waals surface area contributed by atoms with E-state index < -0.39 is 10.0 Å². The van der Waals surface area contributed by atoms with Crippen molar-refractivity contribution in [3.8, 4) is 11.3 Å². The van der Waals surface area contributed by atoms with Crippen LogP contribution in [0.25, 0.3) is 22.2 Å². The minimum absolute atomic E-state index is 0.516. The highest BCUT2D eigenvalue weighted by molar-refractivity contribution is 7.92. The van der Waals surface area contributed by atoms with E-state index in [-0.39, 0.29) is 0 Å². The smallest absolute Gasteiger partial charge is 0.229 e. The van der Waals surface area contributed by atoms with Crippen LogP contribution in [-0.4, -0.2) is 19.2 Å². The molecule has 1 aromatic heterocycles. The van der Waals surface area contributed by atoms with Crippen LogP contribution in [0.2, 0.25) is 5.02 Å². The topological polar surface area (TPSA) is 77.1 Å². The van der Waals surface area contributed by atoms with E-state index in [2.05, 4.69) is 16.2 Å². The molecule has 0 saturated heterocycles. The molecule has 126 valence electrons. The van der Waals surface area contributed by atoms with Gasteiger partial charge < -0.3 is 10.3 Å². The molecule has 0 saturated carbocycles. The number of hydrogen-bond acceptors (Lipinski definition) is 3. The SMILES string of the molecule is CCn1c(-c2ccc(NS(C)(=O)=O)cc2)c(N)c2cc(Cl)ccc21. The maximum Gasteiger partial charge on any atom is 0.229 e. The van der Waals surface area contributed by atoms with Crippen LogP contribution in [0.5, 0.6) is 0 Å². The molecule has 0 amide bonds. The molecule has 0 fully saturated rings. The third-order valence-corrected chi connectivity index (χ3v) is 4.68. The molecule has 0 aliphatic heterocycles. The van der Waals surface area contributed by atoms with Gasteiger partial charge in [0.1, 0.15) is 0 Å².